The van der Waals surface area contributed by atoms with Gasteiger partial charge in [0.25, 0.3) is 0 Å². The Balaban J connectivity index is 4.36. The van der Waals surface area contributed by atoms with Gasteiger partial charge in [0.05, 0.1) is 39.9 Å². The Labute approximate surface area is 361 Å². The monoisotopic (exact) mass is 842 g/mol. The van der Waals surface area contributed by atoms with E-state index in [0.29, 0.717) is 17.4 Å². The highest BCUT2D eigenvalue weighted by Crippen LogP contribution is 2.43. The molecule has 0 aromatic rings. The molecule has 0 aliphatic heterocycles. The van der Waals surface area contributed by atoms with E-state index in [1.807, 2.05) is 27.2 Å². The van der Waals surface area contributed by atoms with E-state index in [2.05, 4.69) is 116 Å². The maximum absolute atomic E-state index is 12.8. The Kier molecular flexibility index (Phi) is 38.6. The Morgan fingerprint density at radius 3 is 1.56 bits per heavy atom. The number of carbonyl (C=O) groups is 1. The largest absolute Gasteiger partial charge is 0.472 e. The molecule has 0 saturated heterocycles. The third kappa shape index (κ3) is 43.1. The first-order chi connectivity index (χ1) is 28.5. The van der Waals surface area contributed by atoms with Gasteiger partial charge in [-0.1, -0.05) is 162 Å². The van der Waals surface area contributed by atoms with Gasteiger partial charge in [0.1, 0.15) is 13.2 Å². The van der Waals surface area contributed by atoms with Crippen LogP contribution in [-0.2, 0) is 18.4 Å². The number of likely N-dealkylation sites (N-methyl/N-ethyl adjacent to an activating group) is 1. The molecule has 0 rings (SSSR count). The quantitative estimate of drug-likeness (QED) is 0.0246. The van der Waals surface area contributed by atoms with Crippen molar-refractivity contribution in [2.75, 3.05) is 40.9 Å². The van der Waals surface area contributed by atoms with Crippen LogP contribution < -0.4 is 5.32 Å². The summed E-state index contributed by atoms with van der Waals surface area (Å²) in [6.07, 6.45) is 58.9. The zero-order chi connectivity index (χ0) is 43.6. The Morgan fingerprint density at radius 1 is 0.593 bits per heavy atom. The normalized spacial score (nSPS) is 15.3. The standard InChI is InChI=1S/C50H85N2O6P/c1-6-8-10-12-14-16-18-19-20-21-22-23-24-25-26-27-28-29-30-31-32-33-34-36-38-40-42-44-50(54)51-48(47-58-59(55,56)57-46-45-52(3,4)5)49(53)43-41-39-37-35-17-15-13-11-9-7-2/h8,10,14,16-17,19-20,22-23,25-26,28-29,31-32,35,41,43,48-49,53H,6-7,9,11-13,15,18,21,24,27,30,33-34,36-40,42,44-47H2,1-5H3,(H-,51,54,55,56)/p+1/b10-8-,16-14-,20-19-,23-22-,26-25-,29-28-,32-31-,35-17+,43-41+. The smallest absolute Gasteiger partial charge is 0.387 e. The molecular weight excluding hydrogens is 756 g/mol. The molecule has 0 spiro atoms. The summed E-state index contributed by atoms with van der Waals surface area (Å²) in [7, 11) is 1.52. The molecule has 3 atom stereocenters. The average Bonchev–Trinajstić information content (AvgIpc) is 3.19. The Morgan fingerprint density at radius 2 is 1.03 bits per heavy atom. The number of allylic oxidation sites excluding steroid dienone is 17. The summed E-state index contributed by atoms with van der Waals surface area (Å²) in [5, 5.41) is 13.7. The van der Waals surface area contributed by atoms with Crippen molar-refractivity contribution in [1.29, 1.82) is 0 Å². The first-order valence-corrected chi connectivity index (χ1v) is 24.3. The van der Waals surface area contributed by atoms with Gasteiger partial charge in [-0.15, -0.1) is 0 Å². The molecule has 0 aliphatic rings. The molecule has 0 heterocycles. The summed E-state index contributed by atoms with van der Waals surface area (Å²) >= 11 is 0. The van der Waals surface area contributed by atoms with E-state index < -0.39 is 20.0 Å². The van der Waals surface area contributed by atoms with Crippen LogP contribution in [0.2, 0.25) is 0 Å². The van der Waals surface area contributed by atoms with E-state index in [0.717, 1.165) is 103 Å². The molecule has 59 heavy (non-hydrogen) atoms. The Hall–Kier alpha value is -2.84. The van der Waals surface area contributed by atoms with Crippen LogP contribution in [0.5, 0.6) is 0 Å². The number of carbonyl (C=O) groups excluding carboxylic acids is 1. The van der Waals surface area contributed by atoms with Crippen LogP contribution in [0, 0.1) is 0 Å². The Bertz CT molecular complexity index is 1320. The minimum absolute atomic E-state index is 0.0451. The van der Waals surface area contributed by atoms with Crippen LogP contribution in [0.3, 0.4) is 0 Å². The van der Waals surface area contributed by atoms with Gasteiger partial charge in [-0.3, -0.25) is 13.8 Å². The lowest BCUT2D eigenvalue weighted by atomic mass is 10.1. The van der Waals surface area contributed by atoms with Crippen LogP contribution in [0.4, 0.5) is 0 Å². The van der Waals surface area contributed by atoms with E-state index in [9.17, 15) is 19.4 Å². The number of unbranched alkanes of at least 4 members (excludes halogenated alkanes) is 10. The number of nitrogens with one attached hydrogen (secondary N) is 1. The maximum Gasteiger partial charge on any atom is 0.472 e. The number of hydrogen-bond donors (Lipinski definition) is 3. The molecule has 1 amide bonds. The highest BCUT2D eigenvalue weighted by molar-refractivity contribution is 7.47. The molecule has 0 fully saturated rings. The molecule has 3 unspecified atom stereocenters. The number of quaternary nitrogens is 1. The topological polar surface area (TPSA) is 105 Å². The summed E-state index contributed by atoms with van der Waals surface area (Å²) < 4.78 is 23.5. The first kappa shape index (κ1) is 56.2. The second-order valence-electron chi connectivity index (χ2n) is 16.0. The fraction of sp³-hybridized carbons (Fsp3) is 0.620. The van der Waals surface area contributed by atoms with Crippen molar-refractivity contribution < 1.29 is 32.9 Å². The average molecular weight is 842 g/mol. The molecule has 0 bridgehead atoms. The summed E-state index contributed by atoms with van der Waals surface area (Å²) in [5.41, 5.74) is 0. The SMILES string of the molecule is CC/C=C\C/C=C\C/C=C\C/C=C\C/C=C\C/C=C\C/C=C\CCCCCCCC(=O)NC(COP(=O)(O)OCC[N+](C)(C)C)C(O)/C=C/CC/C=C/CCCCCC. The van der Waals surface area contributed by atoms with Gasteiger partial charge in [-0.25, -0.2) is 4.57 Å². The van der Waals surface area contributed by atoms with Crippen molar-refractivity contribution in [3.05, 3.63) is 109 Å². The van der Waals surface area contributed by atoms with Crippen LogP contribution in [0.25, 0.3) is 0 Å². The van der Waals surface area contributed by atoms with Gasteiger partial charge in [0.15, 0.2) is 0 Å². The summed E-state index contributed by atoms with van der Waals surface area (Å²) in [5.74, 6) is -0.215. The molecule has 336 valence electrons. The van der Waals surface area contributed by atoms with Crippen molar-refractivity contribution >= 4 is 13.7 Å². The van der Waals surface area contributed by atoms with Crippen molar-refractivity contribution in [1.82, 2.24) is 5.32 Å². The number of amides is 1. The zero-order valence-corrected chi connectivity index (χ0v) is 38.8. The van der Waals surface area contributed by atoms with Crippen LogP contribution >= 0.6 is 7.82 Å². The van der Waals surface area contributed by atoms with E-state index in [1.54, 1.807) is 6.08 Å². The molecule has 0 saturated carbocycles. The molecule has 0 radical (unpaired) electrons. The van der Waals surface area contributed by atoms with Gasteiger partial charge >= 0.3 is 7.82 Å². The number of aliphatic hydroxyl groups is 1. The summed E-state index contributed by atoms with van der Waals surface area (Å²) in [6, 6.07) is -0.880. The van der Waals surface area contributed by atoms with Crippen LogP contribution in [0.15, 0.2) is 109 Å². The van der Waals surface area contributed by atoms with E-state index in [1.165, 1.54) is 25.7 Å². The molecular formula is C50H86N2O6P+. The number of phosphoric ester groups is 1. The van der Waals surface area contributed by atoms with Gasteiger partial charge in [0.2, 0.25) is 5.91 Å². The fourth-order valence-electron chi connectivity index (χ4n) is 5.62. The summed E-state index contributed by atoms with van der Waals surface area (Å²) in [6.45, 7) is 4.59. The predicted octanol–water partition coefficient (Wildman–Crippen LogP) is 12.9. The molecule has 0 aromatic heterocycles. The van der Waals surface area contributed by atoms with Crippen LogP contribution in [-0.4, -0.2) is 73.4 Å². The third-order valence-corrected chi connectivity index (χ3v) is 10.2. The van der Waals surface area contributed by atoms with Gasteiger partial charge in [0, 0.05) is 6.42 Å². The number of aliphatic hydroxyl groups excluding tert-OH is 1. The summed E-state index contributed by atoms with van der Waals surface area (Å²) in [4.78, 5) is 23.1. The second-order valence-corrected chi connectivity index (χ2v) is 17.5. The third-order valence-electron chi connectivity index (χ3n) is 9.23. The van der Waals surface area contributed by atoms with Gasteiger partial charge < -0.3 is 19.8 Å². The molecule has 9 heteroatoms. The van der Waals surface area contributed by atoms with Crippen molar-refractivity contribution in [2.24, 2.45) is 0 Å². The van der Waals surface area contributed by atoms with E-state index >= 15 is 0 Å². The van der Waals surface area contributed by atoms with Gasteiger partial charge in [-0.05, 0) is 89.9 Å². The lowest BCUT2D eigenvalue weighted by Crippen LogP contribution is -2.45. The van der Waals surface area contributed by atoms with Crippen molar-refractivity contribution in [3.63, 3.8) is 0 Å². The first-order valence-electron chi connectivity index (χ1n) is 22.8. The fourth-order valence-corrected chi connectivity index (χ4v) is 6.36. The van der Waals surface area contributed by atoms with E-state index in [-0.39, 0.29) is 19.1 Å². The number of nitrogens with zero attached hydrogens (tertiary/aromatic N) is 1. The highest BCUT2D eigenvalue weighted by atomic mass is 31.2. The highest BCUT2D eigenvalue weighted by Gasteiger charge is 2.27. The van der Waals surface area contributed by atoms with Gasteiger partial charge in [-0.2, -0.15) is 0 Å². The second kappa shape index (κ2) is 40.6. The molecule has 3 N–H and O–H groups in total. The maximum atomic E-state index is 12.8. The molecule has 0 aromatic carbocycles. The van der Waals surface area contributed by atoms with E-state index in [4.69, 9.17) is 9.05 Å². The minimum Gasteiger partial charge on any atom is -0.387 e. The number of rotatable bonds is 39. The lowest BCUT2D eigenvalue weighted by molar-refractivity contribution is -0.870. The number of hydrogen-bond acceptors (Lipinski definition) is 5. The minimum atomic E-state index is -4.35. The molecule has 0 aliphatic carbocycles. The lowest BCUT2D eigenvalue weighted by Gasteiger charge is -2.25. The van der Waals surface area contributed by atoms with Crippen molar-refractivity contribution in [3.8, 4) is 0 Å². The zero-order valence-electron chi connectivity index (χ0n) is 37.9. The molecule has 8 nitrogen and oxygen atoms in total. The number of phosphoric acid groups is 1. The predicted molar refractivity (Wildman–Crippen MR) is 253 cm³/mol. The van der Waals surface area contributed by atoms with Crippen LogP contribution in [0.1, 0.15) is 149 Å². The van der Waals surface area contributed by atoms with Crippen molar-refractivity contribution in [2.45, 2.75) is 161 Å².